The summed E-state index contributed by atoms with van der Waals surface area (Å²) in [7, 11) is 0. The van der Waals surface area contributed by atoms with Gasteiger partial charge in [-0.05, 0) is 44.9 Å². The average Bonchev–Trinajstić information content (AvgIpc) is 3.22. The van der Waals surface area contributed by atoms with E-state index < -0.39 is 12.1 Å². The van der Waals surface area contributed by atoms with Crippen molar-refractivity contribution in [2.75, 3.05) is 6.61 Å². The van der Waals surface area contributed by atoms with Crippen molar-refractivity contribution in [2.45, 2.75) is 302 Å². The van der Waals surface area contributed by atoms with E-state index in [0.717, 1.165) is 25.7 Å². The predicted octanol–water partition coefficient (Wildman–Crippen LogP) is 16.8. The second kappa shape index (κ2) is 49.2. The van der Waals surface area contributed by atoms with Crippen LogP contribution in [0.5, 0.6) is 0 Å². The van der Waals surface area contributed by atoms with Crippen LogP contribution in [-0.2, 0) is 4.79 Å². The molecule has 0 saturated heterocycles. The first-order valence-corrected chi connectivity index (χ1v) is 26.1. The minimum atomic E-state index is -0.835. The topological polar surface area (TPSA) is 69.6 Å². The molecule has 0 aromatic heterocycles. The zero-order valence-electron chi connectivity index (χ0n) is 38.9. The third kappa shape index (κ3) is 45.8. The first-order valence-electron chi connectivity index (χ1n) is 26.1. The molecule has 0 bridgehead atoms. The number of unbranched alkanes of at least 4 members (excludes halogenated alkanes) is 39. The zero-order valence-corrected chi connectivity index (χ0v) is 38.9. The molecular weight excluding hydrogens is 699 g/mol. The van der Waals surface area contributed by atoms with Crippen LogP contribution in [0.15, 0.2) is 24.3 Å². The molecule has 4 nitrogen and oxygen atoms in total. The number of aliphatic hydroxyl groups is 2. The average molecular weight is 802 g/mol. The quantitative estimate of drug-likeness (QED) is 0.0424. The van der Waals surface area contributed by atoms with Crippen molar-refractivity contribution in [2.24, 2.45) is 0 Å². The highest BCUT2D eigenvalue weighted by molar-refractivity contribution is 5.76. The summed E-state index contributed by atoms with van der Waals surface area (Å²) >= 11 is 0. The largest absolute Gasteiger partial charge is 0.394 e. The summed E-state index contributed by atoms with van der Waals surface area (Å²) in [5.41, 5.74) is 0. The number of carbonyl (C=O) groups excluding carboxylic acids is 1. The van der Waals surface area contributed by atoms with Gasteiger partial charge in [-0.3, -0.25) is 4.79 Å². The van der Waals surface area contributed by atoms with Crippen LogP contribution in [0, 0.1) is 0 Å². The second-order valence-electron chi connectivity index (χ2n) is 17.9. The lowest BCUT2D eigenvalue weighted by Gasteiger charge is -2.20. The maximum atomic E-state index is 12.4. The van der Waals surface area contributed by atoms with Crippen molar-refractivity contribution in [1.29, 1.82) is 0 Å². The van der Waals surface area contributed by atoms with Crippen LogP contribution in [0.1, 0.15) is 290 Å². The Morgan fingerprint density at radius 2 is 0.667 bits per heavy atom. The van der Waals surface area contributed by atoms with Gasteiger partial charge in [-0.25, -0.2) is 0 Å². The van der Waals surface area contributed by atoms with E-state index in [1.807, 2.05) is 6.08 Å². The monoisotopic (exact) mass is 802 g/mol. The molecule has 0 rings (SSSR count). The van der Waals surface area contributed by atoms with E-state index in [9.17, 15) is 15.0 Å². The third-order valence-electron chi connectivity index (χ3n) is 12.2. The molecule has 0 saturated carbocycles. The Bertz CT molecular complexity index is 825. The first kappa shape index (κ1) is 55.9. The lowest BCUT2D eigenvalue weighted by molar-refractivity contribution is -0.123. The van der Waals surface area contributed by atoms with Crippen molar-refractivity contribution < 1.29 is 15.0 Å². The Kier molecular flexibility index (Phi) is 48.3. The highest BCUT2D eigenvalue weighted by atomic mass is 16.3. The molecule has 4 heteroatoms. The van der Waals surface area contributed by atoms with Gasteiger partial charge < -0.3 is 15.5 Å². The molecule has 0 fully saturated rings. The van der Waals surface area contributed by atoms with Crippen LogP contribution in [-0.4, -0.2) is 34.9 Å². The normalized spacial score (nSPS) is 13.0. The Labute approximate surface area is 358 Å². The van der Waals surface area contributed by atoms with Crippen LogP contribution in [0.25, 0.3) is 0 Å². The molecule has 0 aliphatic heterocycles. The molecule has 2 unspecified atom stereocenters. The fourth-order valence-electron chi connectivity index (χ4n) is 8.18. The fraction of sp³-hybridized carbons (Fsp3) is 0.906. The van der Waals surface area contributed by atoms with Crippen molar-refractivity contribution in [3.05, 3.63) is 24.3 Å². The van der Waals surface area contributed by atoms with E-state index >= 15 is 0 Å². The number of aliphatic hydroxyl groups excluding tert-OH is 2. The summed E-state index contributed by atoms with van der Waals surface area (Å²) in [5, 5.41) is 23.0. The zero-order chi connectivity index (χ0) is 41.4. The van der Waals surface area contributed by atoms with E-state index in [1.165, 1.54) is 244 Å². The smallest absolute Gasteiger partial charge is 0.220 e. The van der Waals surface area contributed by atoms with Crippen molar-refractivity contribution >= 4 is 5.91 Å². The first-order chi connectivity index (χ1) is 28.2. The van der Waals surface area contributed by atoms with Crippen LogP contribution < -0.4 is 5.32 Å². The molecule has 0 aromatic carbocycles. The Hall–Kier alpha value is -1.13. The summed E-state index contributed by atoms with van der Waals surface area (Å²) in [6.45, 7) is 4.32. The molecule has 0 aromatic rings. The number of hydrogen-bond donors (Lipinski definition) is 3. The molecule has 338 valence electrons. The van der Waals surface area contributed by atoms with Gasteiger partial charge in [-0.1, -0.05) is 263 Å². The second-order valence-corrected chi connectivity index (χ2v) is 17.9. The Balaban J connectivity index is 3.40. The van der Waals surface area contributed by atoms with Gasteiger partial charge in [-0.15, -0.1) is 0 Å². The minimum absolute atomic E-state index is 0.0606. The molecule has 1 amide bonds. The van der Waals surface area contributed by atoms with Crippen LogP contribution >= 0.6 is 0 Å². The van der Waals surface area contributed by atoms with Crippen LogP contribution in [0.2, 0.25) is 0 Å². The van der Waals surface area contributed by atoms with Crippen molar-refractivity contribution in [3.8, 4) is 0 Å². The molecule has 3 N–H and O–H groups in total. The molecule has 57 heavy (non-hydrogen) atoms. The standard InChI is InChI=1S/C53H103NO3/c1-3-5-7-9-11-13-15-17-18-19-20-21-22-23-24-25-26-27-28-29-30-31-32-33-34-35-36-37-39-41-43-45-47-49-53(57)54-51(50-55)52(56)48-46-44-42-40-38-16-14-12-10-8-6-4-2/h23-24,46,48,51-52,55-56H,3-22,25-45,47,49-50H2,1-2H3,(H,54,57)/b24-23-,48-46+. The third-order valence-corrected chi connectivity index (χ3v) is 12.2. The molecule has 0 aliphatic rings. The molecule has 0 aliphatic carbocycles. The molecule has 0 radical (unpaired) electrons. The lowest BCUT2D eigenvalue weighted by Crippen LogP contribution is -2.45. The number of nitrogens with one attached hydrogen (secondary N) is 1. The molecule has 2 atom stereocenters. The van der Waals surface area contributed by atoms with Gasteiger partial charge >= 0.3 is 0 Å². The fourth-order valence-corrected chi connectivity index (χ4v) is 8.18. The summed E-state index contributed by atoms with van der Waals surface area (Å²) < 4.78 is 0. The van der Waals surface area contributed by atoms with Gasteiger partial charge in [-0.2, -0.15) is 0 Å². The highest BCUT2D eigenvalue weighted by Crippen LogP contribution is 2.17. The highest BCUT2D eigenvalue weighted by Gasteiger charge is 2.18. The predicted molar refractivity (Wildman–Crippen MR) is 253 cm³/mol. The van der Waals surface area contributed by atoms with Crippen molar-refractivity contribution in [3.63, 3.8) is 0 Å². The van der Waals surface area contributed by atoms with Crippen LogP contribution in [0.3, 0.4) is 0 Å². The van der Waals surface area contributed by atoms with E-state index in [2.05, 4.69) is 31.3 Å². The maximum absolute atomic E-state index is 12.4. The number of carbonyl (C=O) groups is 1. The van der Waals surface area contributed by atoms with Gasteiger partial charge in [0, 0.05) is 6.42 Å². The number of rotatable bonds is 48. The Morgan fingerprint density at radius 3 is 0.965 bits per heavy atom. The van der Waals surface area contributed by atoms with Gasteiger partial charge in [0.2, 0.25) is 5.91 Å². The Morgan fingerprint density at radius 1 is 0.404 bits per heavy atom. The number of hydrogen-bond acceptors (Lipinski definition) is 3. The summed E-state index contributed by atoms with van der Waals surface area (Å²) in [4.78, 5) is 12.4. The van der Waals surface area contributed by atoms with Gasteiger partial charge in [0.05, 0.1) is 18.8 Å². The summed E-state index contributed by atoms with van der Waals surface area (Å²) in [5.74, 6) is -0.0606. The number of amides is 1. The summed E-state index contributed by atoms with van der Waals surface area (Å²) in [6.07, 6.45) is 64.8. The minimum Gasteiger partial charge on any atom is -0.394 e. The van der Waals surface area contributed by atoms with Gasteiger partial charge in [0.1, 0.15) is 0 Å². The van der Waals surface area contributed by atoms with E-state index in [4.69, 9.17) is 0 Å². The van der Waals surface area contributed by atoms with Gasteiger partial charge in [0.15, 0.2) is 0 Å². The molecular formula is C53H103NO3. The lowest BCUT2D eigenvalue weighted by atomic mass is 10.0. The van der Waals surface area contributed by atoms with Crippen molar-refractivity contribution in [1.82, 2.24) is 5.32 Å². The number of allylic oxidation sites excluding steroid dienone is 3. The van der Waals surface area contributed by atoms with E-state index in [1.54, 1.807) is 6.08 Å². The van der Waals surface area contributed by atoms with Crippen LogP contribution in [0.4, 0.5) is 0 Å². The summed E-state index contributed by atoms with van der Waals surface area (Å²) in [6, 6.07) is -0.618. The maximum Gasteiger partial charge on any atom is 0.220 e. The SMILES string of the molecule is CCCCCCCCCCCC/C=C/C(O)C(CO)NC(=O)CCCCCCCCCCCCCCCCCCC/C=C\CCCCCCCCCCCCCC. The van der Waals surface area contributed by atoms with E-state index in [0.29, 0.717) is 6.42 Å². The van der Waals surface area contributed by atoms with Gasteiger partial charge in [0.25, 0.3) is 0 Å². The van der Waals surface area contributed by atoms with E-state index in [-0.39, 0.29) is 12.5 Å². The molecule has 0 spiro atoms. The molecule has 0 heterocycles.